The zero-order valence-electron chi connectivity index (χ0n) is 6.19. The summed E-state index contributed by atoms with van der Waals surface area (Å²) in [6, 6.07) is 0.817. The number of rotatable bonds is 3. The minimum atomic E-state index is -4.89. The summed E-state index contributed by atoms with van der Waals surface area (Å²) in [5.41, 5.74) is 0. The van der Waals surface area contributed by atoms with Crippen LogP contribution >= 0.6 is 0 Å². The van der Waals surface area contributed by atoms with E-state index >= 15 is 0 Å². The second kappa shape index (κ2) is 3.36. The topological polar surface area (TPSA) is 52.0 Å². The molecule has 0 aromatic carbocycles. The van der Waals surface area contributed by atoms with Gasteiger partial charge in [-0.25, -0.2) is 8.78 Å². The van der Waals surface area contributed by atoms with Crippen LogP contribution in [0.5, 0.6) is 0 Å². The van der Waals surface area contributed by atoms with Crippen LogP contribution in [0, 0.1) is 0 Å². The summed E-state index contributed by atoms with van der Waals surface area (Å²) in [6.07, 6.45) is -1.69. The largest absolute Gasteiger partial charge is 0.351 e. The van der Waals surface area contributed by atoms with Crippen molar-refractivity contribution in [3.8, 4) is 0 Å². The molecule has 0 aliphatic rings. The third-order valence-corrected chi connectivity index (χ3v) is 1.91. The molecule has 0 N–H and O–H groups in total. The molecule has 0 saturated carbocycles. The normalized spacial score (nSPS) is 12.3. The highest BCUT2D eigenvalue weighted by Crippen LogP contribution is 2.08. The molecule has 0 spiro atoms. The van der Waals surface area contributed by atoms with Crippen molar-refractivity contribution in [1.82, 2.24) is 9.78 Å². The third-order valence-electron chi connectivity index (χ3n) is 1.19. The van der Waals surface area contributed by atoms with E-state index in [0.717, 1.165) is 12.3 Å². The average Bonchev–Trinajstić information content (AvgIpc) is 2.32. The van der Waals surface area contributed by atoms with Crippen molar-refractivity contribution in [3.05, 3.63) is 12.3 Å². The number of nitrogens with zero attached hydrogens (tertiary/aromatic N) is 2. The Balaban J connectivity index is 2.88. The number of hydrogen-bond acceptors (Lipinski definition) is 3. The van der Waals surface area contributed by atoms with E-state index in [1.807, 2.05) is 0 Å². The van der Waals surface area contributed by atoms with Crippen LogP contribution in [0.2, 0.25) is 0 Å². The van der Waals surface area contributed by atoms with Crippen LogP contribution in [0.25, 0.3) is 0 Å². The molecule has 4 nitrogen and oxygen atoms in total. The zero-order chi connectivity index (χ0) is 10.1. The van der Waals surface area contributed by atoms with Crippen LogP contribution in [0.4, 0.5) is 12.7 Å². The molecule has 74 valence electrons. The number of alkyl halides is 2. The second-order valence-corrected chi connectivity index (χ2v) is 3.50. The predicted octanol–water partition coefficient (Wildman–Crippen LogP) is 0.806. The fraction of sp³-hybridized carbons (Fsp3) is 0.400. The van der Waals surface area contributed by atoms with Gasteiger partial charge < -0.3 is 0 Å². The van der Waals surface area contributed by atoms with Gasteiger partial charge in [0.2, 0.25) is 5.03 Å². The Morgan fingerprint density at radius 3 is 2.54 bits per heavy atom. The lowest BCUT2D eigenvalue weighted by atomic mass is 10.7. The summed E-state index contributed by atoms with van der Waals surface area (Å²) in [5, 5.41) is 2.24. The summed E-state index contributed by atoms with van der Waals surface area (Å²) in [7, 11) is -4.89. The third kappa shape index (κ3) is 2.72. The van der Waals surface area contributed by atoms with E-state index in [9.17, 15) is 21.1 Å². The maximum atomic E-state index is 12.2. The summed E-state index contributed by atoms with van der Waals surface area (Å²) in [4.78, 5) is 0. The van der Waals surface area contributed by atoms with Gasteiger partial charge >= 0.3 is 10.2 Å². The fourth-order valence-corrected chi connectivity index (χ4v) is 1.14. The molecule has 0 unspecified atom stereocenters. The van der Waals surface area contributed by atoms with Crippen molar-refractivity contribution in [3.63, 3.8) is 0 Å². The Bertz CT molecular complexity index is 386. The van der Waals surface area contributed by atoms with Gasteiger partial charge in [0.05, 0.1) is 0 Å². The van der Waals surface area contributed by atoms with Crippen LogP contribution in [0.1, 0.15) is 0 Å². The first-order valence-electron chi connectivity index (χ1n) is 3.16. The van der Waals surface area contributed by atoms with Gasteiger partial charge in [0.1, 0.15) is 6.54 Å². The predicted molar refractivity (Wildman–Crippen MR) is 36.5 cm³/mol. The summed E-state index contributed by atoms with van der Waals surface area (Å²) in [5.74, 6) is 0. The molecule has 0 bridgehead atoms. The lowest BCUT2D eigenvalue weighted by Gasteiger charge is -1.97. The van der Waals surface area contributed by atoms with Crippen LogP contribution in [-0.2, 0) is 16.8 Å². The molecule has 0 aliphatic heterocycles. The van der Waals surface area contributed by atoms with Crippen LogP contribution in [0.3, 0.4) is 0 Å². The Hall–Kier alpha value is -1.05. The molecule has 13 heavy (non-hydrogen) atoms. The number of halogens is 3. The highest BCUT2D eigenvalue weighted by molar-refractivity contribution is 7.86. The maximum absolute atomic E-state index is 12.2. The molecule has 0 aliphatic carbocycles. The average molecular weight is 214 g/mol. The summed E-state index contributed by atoms with van der Waals surface area (Å²) < 4.78 is 56.7. The molecule has 0 atom stereocenters. The Kier molecular flexibility index (Phi) is 2.60. The van der Waals surface area contributed by atoms with Crippen molar-refractivity contribution in [2.45, 2.75) is 18.0 Å². The SMILES string of the molecule is O=S(=O)(F)c1ccn(CC(F)F)n1. The summed E-state index contributed by atoms with van der Waals surface area (Å²) in [6.45, 7) is -0.754. The van der Waals surface area contributed by atoms with Gasteiger partial charge in [0.15, 0.2) is 0 Å². The van der Waals surface area contributed by atoms with Gasteiger partial charge in [0.25, 0.3) is 6.43 Å². The van der Waals surface area contributed by atoms with Gasteiger partial charge in [-0.3, -0.25) is 4.68 Å². The van der Waals surface area contributed by atoms with Crippen LogP contribution in [0.15, 0.2) is 17.3 Å². The van der Waals surface area contributed by atoms with Crippen molar-refractivity contribution in [2.75, 3.05) is 0 Å². The molecule has 0 saturated heterocycles. The van der Waals surface area contributed by atoms with Gasteiger partial charge in [-0.1, -0.05) is 3.89 Å². The van der Waals surface area contributed by atoms with Gasteiger partial charge in [0, 0.05) is 6.20 Å². The molecule has 1 heterocycles. The molecular weight excluding hydrogens is 209 g/mol. The first-order valence-corrected chi connectivity index (χ1v) is 4.54. The van der Waals surface area contributed by atoms with Gasteiger partial charge in [-0.05, 0) is 6.07 Å². The van der Waals surface area contributed by atoms with E-state index in [4.69, 9.17) is 0 Å². The van der Waals surface area contributed by atoms with E-state index in [2.05, 4.69) is 5.10 Å². The second-order valence-electron chi connectivity index (χ2n) is 2.20. The summed E-state index contributed by atoms with van der Waals surface area (Å²) >= 11 is 0. The quantitative estimate of drug-likeness (QED) is 0.699. The highest BCUT2D eigenvalue weighted by atomic mass is 32.3. The van der Waals surface area contributed by atoms with E-state index < -0.39 is 28.2 Å². The van der Waals surface area contributed by atoms with Crippen molar-refractivity contribution < 1.29 is 21.1 Å². The fourth-order valence-electron chi connectivity index (χ4n) is 0.716. The standard InChI is InChI=1S/C5H5F3N2O2S/c6-4(7)3-10-2-1-5(9-10)13(8,11)12/h1-2,4H,3H2. The minimum absolute atomic E-state index is 0.664. The van der Waals surface area contributed by atoms with Crippen LogP contribution in [-0.4, -0.2) is 24.6 Å². The van der Waals surface area contributed by atoms with E-state index in [-0.39, 0.29) is 0 Å². The molecule has 1 rings (SSSR count). The first kappa shape index (κ1) is 10.0. The molecule has 0 amide bonds. The van der Waals surface area contributed by atoms with Crippen molar-refractivity contribution in [1.29, 1.82) is 0 Å². The molecule has 1 aromatic heterocycles. The zero-order valence-corrected chi connectivity index (χ0v) is 7.01. The lowest BCUT2D eigenvalue weighted by molar-refractivity contribution is 0.121. The molecular formula is C5H5F3N2O2S. The molecule has 8 heteroatoms. The van der Waals surface area contributed by atoms with E-state index in [1.165, 1.54) is 0 Å². The molecule has 1 aromatic rings. The smallest absolute Gasteiger partial charge is 0.266 e. The number of aromatic nitrogens is 2. The molecule has 0 radical (unpaired) electrons. The first-order chi connectivity index (χ1) is 5.89. The van der Waals surface area contributed by atoms with Crippen molar-refractivity contribution >= 4 is 10.2 Å². The van der Waals surface area contributed by atoms with E-state index in [0.29, 0.717) is 4.68 Å². The Morgan fingerprint density at radius 1 is 1.54 bits per heavy atom. The van der Waals surface area contributed by atoms with E-state index in [1.54, 1.807) is 0 Å². The number of hydrogen-bond donors (Lipinski definition) is 0. The minimum Gasteiger partial charge on any atom is -0.266 e. The monoisotopic (exact) mass is 214 g/mol. The maximum Gasteiger partial charge on any atom is 0.351 e. The van der Waals surface area contributed by atoms with Gasteiger partial charge in [-0.2, -0.15) is 13.5 Å². The molecule has 0 fully saturated rings. The van der Waals surface area contributed by atoms with Gasteiger partial charge in [-0.15, -0.1) is 0 Å². The Labute approximate surface area is 72.2 Å². The Morgan fingerprint density at radius 2 is 2.15 bits per heavy atom. The highest BCUT2D eigenvalue weighted by Gasteiger charge is 2.16. The van der Waals surface area contributed by atoms with Crippen LogP contribution < -0.4 is 0 Å². The van der Waals surface area contributed by atoms with Crippen molar-refractivity contribution in [2.24, 2.45) is 0 Å². The lowest BCUT2D eigenvalue weighted by Crippen LogP contribution is -2.07.